The highest BCUT2D eigenvalue weighted by molar-refractivity contribution is 9.10. The smallest absolute Gasteiger partial charge is 0.137 e. The fraction of sp³-hybridized carbons (Fsp3) is 0.267. The van der Waals surface area contributed by atoms with E-state index < -0.39 is 0 Å². The molecule has 0 radical (unpaired) electrons. The minimum atomic E-state index is 0.489. The van der Waals surface area contributed by atoms with E-state index in [0.717, 1.165) is 28.2 Å². The van der Waals surface area contributed by atoms with E-state index >= 15 is 0 Å². The van der Waals surface area contributed by atoms with Crippen LogP contribution < -0.4 is 14.8 Å². The van der Waals surface area contributed by atoms with Crippen LogP contribution in [-0.2, 0) is 6.54 Å². The van der Waals surface area contributed by atoms with E-state index in [4.69, 9.17) is 9.47 Å². The molecule has 0 unspecified atom stereocenters. The second-order valence-corrected chi connectivity index (χ2v) is 5.08. The van der Waals surface area contributed by atoms with E-state index in [1.165, 1.54) is 0 Å². The summed E-state index contributed by atoms with van der Waals surface area (Å²) in [7, 11) is 1.89. The van der Waals surface area contributed by atoms with Crippen LogP contribution in [-0.4, -0.2) is 25.2 Å². The minimum absolute atomic E-state index is 0.489. The molecule has 0 spiro atoms. The number of rotatable bonds is 7. The van der Waals surface area contributed by atoms with Crippen LogP contribution >= 0.6 is 15.9 Å². The zero-order chi connectivity index (χ0) is 14.2. The molecule has 0 aliphatic carbocycles. The zero-order valence-corrected chi connectivity index (χ0v) is 12.9. The van der Waals surface area contributed by atoms with Gasteiger partial charge in [0.2, 0.25) is 0 Å². The highest BCUT2D eigenvalue weighted by Crippen LogP contribution is 2.16. The molecule has 0 aliphatic rings. The summed E-state index contributed by atoms with van der Waals surface area (Å²) < 4.78 is 12.2. The van der Waals surface area contributed by atoms with Gasteiger partial charge in [-0.2, -0.15) is 0 Å². The Morgan fingerprint density at radius 2 is 1.65 bits per heavy atom. The van der Waals surface area contributed by atoms with E-state index in [9.17, 15) is 0 Å². The summed E-state index contributed by atoms with van der Waals surface area (Å²) >= 11 is 3.38. The van der Waals surface area contributed by atoms with Gasteiger partial charge in [0.25, 0.3) is 0 Å². The highest BCUT2D eigenvalue weighted by atomic mass is 79.9. The molecule has 1 aromatic heterocycles. The van der Waals surface area contributed by atoms with Crippen molar-refractivity contribution in [1.82, 2.24) is 10.3 Å². The normalized spacial score (nSPS) is 10.3. The molecule has 0 saturated carbocycles. The van der Waals surface area contributed by atoms with Crippen molar-refractivity contribution in [2.24, 2.45) is 0 Å². The van der Waals surface area contributed by atoms with Gasteiger partial charge in [-0.25, -0.2) is 0 Å². The Labute approximate surface area is 127 Å². The Bertz CT molecular complexity index is 514. The zero-order valence-electron chi connectivity index (χ0n) is 11.3. The summed E-state index contributed by atoms with van der Waals surface area (Å²) in [5, 5.41) is 3.05. The van der Waals surface area contributed by atoms with Gasteiger partial charge in [0.1, 0.15) is 24.7 Å². The number of halogens is 1. The third kappa shape index (κ3) is 4.83. The second kappa shape index (κ2) is 7.87. The molecule has 20 heavy (non-hydrogen) atoms. The van der Waals surface area contributed by atoms with Crippen LogP contribution in [0.25, 0.3) is 0 Å². The molecule has 1 aromatic carbocycles. The van der Waals surface area contributed by atoms with Crippen LogP contribution in [0.3, 0.4) is 0 Å². The lowest BCUT2D eigenvalue weighted by atomic mass is 10.3. The highest BCUT2D eigenvalue weighted by Gasteiger charge is 1.97. The molecule has 0 amide bonds. The molecule has 0 fully saturated rings. The molecule has 0 atom stereocenters. The van der Waals surface area contributed by atoms with Gasteiger partial charge in [-0.05, 0) is 43.4 Å². The molecule has 2 rings (SSSR count). The fourth-order valence-corrected chi connectivity index (χ4v) is 1.90. The van der Waals surface area contributed by atoms with Crippen molar-refractivity contribution < 1.29 is 9.47 Å². The van der Waals surface area contributed by atoms with E-state index in [1.807, 2.05) is 43.4 Å². The standard InChI is InChI=1S/C15H17BrN2O2/c1-17-10-13-4-7-15(11-18-13)20-9-8-19-14-5-2-12(16)3-6-14/h2-7,11,17H,8-10H2,1H3. The average molecular weight is 337 g/mol. The molecule has 4 nitrogen and oxygen atoms in total. The fourth-order valence-electron chi connectivity index (χ4n) is 1.63. The van der Waals surface area contributed by atoms with Crippen molar-refractivity contribution in [3.05, 3.63) is 52.8 Å². The Balaban J connectivity index is 1.71. The first-order valence-corrected chi connectivity index (χ1v) is 7.18. The molecular weight excluding hydrogens is 320 g/mol. The lowest BCUT2D eigenvalue weighted by Gasteiger charge is -2.08. The predicted octanol–water partition coefficient (Wildman–Crippen LogP) is 3.02. The van der Waals surface area contributed by atoms with Crippen molar-refractivity contribution in [2.45, 2.75) is 6.54 Å². The van der Waals surface area contributed by atoms with Crippen LogP contribution in [0.15, 0.2) is 47.1 Å². The number of hydrogen-bond donors (Lipinski definition) is 1. The summed E-state index contributed by atoms with van der Waals surface area (Å²) in [4.78, 5) is 4.28. The average Bonchev–Trinajstić information content (AvgIpc) is 2.47. The molecule has 5 heteroatoms. The van der Waals surface area contributed by atoms with Gasteiger partial charge in [-0.15, -0.1) is 0 Å². The largest absolute Gasteiger partial charge is 0.490 e. The lowest BCUT2D eigenvalue weighted by Crippen LogP contribution is -2.10. The first-order chi connectivity index (χ1) is 9.78. The van der Waals surface area contributed by atoms with Crippen LogP contribution in [0.1, 0.15) is 5.69 Å². The number of ether oxygens (including phenoxy) is 2. The summed E-state index contributed by atoms with van der Waals surface area (Å²) in [6.45, 7) is 1.75. The maximum absolute atomic E-state index is 5.57. The van der Waals surface area contributed by atoms with E-state index in [2.05, 4.69) is 26.2 Å². The molecule has 0 aliphatic heterocycles. The summed E-state index contributed by atoms with van der Waals surface area (Å²) in [5.41, 5.74) is 0.992. The predicted molar refractivity (Wildman–Crippen MR) is 82.1 cm³/mol. The summed E-state index contributed by atoms with van der Waals surface area (Å²) in [6.07, 6.45) is 1.73. The van der Waals surface area contributed by atoms with Gasteiger partial charge in [-0.3, -0.25) is 4.98 Å². The topological polar surface area (TPSA) is 43.4 Å². The van der Waals surface area contributed by atoms with E-state index in [1.54, 1.807) is 6.20 Å². The van der Waals surface area contributed by atoms with Gasteiger partial charge in [0.15, 0.2) is 0 Å². The quantitative estimate of drug-likeness (QED) is 0.789. The molecule has 1 N–H and O–H groups in total. The molecule has 1 heterocycles. The molecular formula is C15H17BrN2O2. The summed E-state index contributed by atoms with van der Waals surface area (Å²) in [6, 6.07) is 11.6. The van der Waals surface area contributed by atoms with Crippen molar-refractivity contribution in [3.8, 4) is 11.5 Å². The third-order valence-corrected chi connectivity index (χ3v) is 3.12. The maximum Gasteiger partial charge on any atom is 0.137 e. The van der Waals surface area contributed by atoms with E-state index in [0.29, 0.717) is 13.2 Å². The van der Waals surface area contributed by atoms with Crippen molar-refractivity contribution in [3.63, 3.8) is 0 Å². The number of hydrogen-bond acceptors (Lipinski definition) is 4. The van der Waals surface area contributed by atoms with Gasteiger partial charge in [0.05, 0.1) is 11.9 Å². The van der Waals surface area contributed by atoms with Crippen LogP contribution in [0.4, 0.5) is 0 Å². The molecule has 0 bridgehead atoms. The minimum Gasteiger partial charge on any atom is -0.490 e. The first kappa shape index (κ1) is 14.8. The van der Waals surface area contributed by atoms with E-state index in [-0.39, 0.29) is 0 Å². The SMILES string of the molecule is CNCc1ccc(OCCOc2ccc(Br)cc2)cn1. The Kier molecular flexibility index (Phi) is 5.83. The lowest BCUT2D eigenvalue weighted by molar-refractivity contribution is 0.216. The van der Waals surface area contributed by atoms with Crippen LogP contribution in [0.5, 0.6) is 11.5 Å². The van der Waals surface area contributed by atoms with Crippen LogP contribution in [0, 0.1) is 0 Å². The summed E-state index contributed by atoms with van der Waals surface area (Å²) in [5.74, 6) is 1.59. The van der Waals surface area contributed by atoms with Gasteiger partial charge in [0, 0.05) is 11.0 Å². The molecule has 106 valence electrons. The molecule has 0 saturated heterocycles. The van der Waals surface area contributed by atoms with Crippen LogP contribution in [0.2, 0.25) is 0 Å². The monoisotopic (exact) mass is 336 g/mol. The maximum atomic E-state index is 5.57. The van der Waals surface area contributed by atoms with Gasteiger partial charge < -0.3 is 14.8 Å². The number of nitrogens with one attached hydrogen (secondary N) is 1. The number of benzene rings is 1. The Morgan fingerprint density at radius 1 is 1.00 bits per heavy atom. The van der Waals surface area contributed by atoms with Gasteiger partial charge in [-0.1, -0.05) is 15.9 Å². The number of aromatic nitrogens is 1. The number of pyridine rings is 1. The van der Waals surface area contributed by atoms with Crippen molar-refractivity contribution >= 4 is 15.9 Å². The van der Waals surface area contributed by atoms with Crippen molar-refractivity contribution in [1.29, 1.82) is 0 Å². The Morgan fingerprint density at radius 3 is 2.25 bits per heavy atom. The van der Waals surface area contributed by atoms with Crippen molar-refractivity contribution in [2.75, 3.05) is 20.3 Å². The molecule has 2 aromatic rings. The van der Waals surface area contributed by atoms with Gasteiger partial charge >= 0.3 is 0 Å². The Hall–Kier alpha value is -1.59. The second-order valence-electron chi connectivity index (χ2n) is 4.17. The third-order valence-electron chi connectivity index (χ3n) is 2.59. The first-order valence-electron chi connectivity index (χ1n) is 6.38. The number of nitrogens with zero attached hydrogens (tertiary/aromatic N) is 1.